The van der Waals surface area contributed by atoms with Gasteiger partial charge in [-0.15, -0.1) is 5.10 Å². The van der Waals surface area contributed by atoms with E-state index in [1.54, 1.807) is 0 Å². The van der Waals surface area contributed by atoms with Gasteiger partial charge in [0.25, 0.3) is 0 Å². The Morgan fingerprint density at radius 1 is 1.45 bits per heavy atom. The van der Waals surface area contributed by atoms with E-state index in [4.69, 9.17) is 5.73 Å². The van der Waals surface area contributed by atoms with Gasteiger partial charge in [-0.2, -0.15) is 4.98 Å². The Hall–Kier alpha value is -1.10. The van der Waals surface area contributed by atoms with Gasteiger partial charge in [-0.1, -0.05) is 27.7 Å². The van der Waals surface area contributed by atoms with Crippen molar-refractivity contribution in [3.8, 4) is 0 Å². The van der Waals surface area contributed by atoms with Crippen molar-refractivity contribution < 1.29 is 0 Å². The molecule has 5 nitrogen and oxygen atoms in total. The Kier molecular flexibility index (Phi) is 4.68. The average molecular weight is 279 g/mol. The van der Waals surface area contributed by atoms with Gasteiger partial charge in [0.05, 0.1) is 0 Å². The highest BCUT2D eigenvalue weighted by atomic mass is 15.4. The van der Waals surface area contributed by atoms with Crippen molar-refractivity contribution in [2.45, 2.75) is 47.0 Å². The maximum atomic E-state index is 5.79. The van der Waals surface area contributed by atoms with Crippen molar-refractivity contribution in [3.05, 3.63) is 5.82 Å². The number of H-pyrrole nitrogens is 1. The number of nitrogens with one attached hydrogen (secondary N) is 1. The van der Waals surface area contributed by atoms with Gasteiger partial charge in [0.1, 0.15) is 5.82 Å². The van der Waals surface area contributed by atoms with Crippen LogP contribution in [0.25, 0.3) is 0 Å². The minimum absolute atomic E-state index is 0.294. The van der Waals surface area contributed by atoms with E-state index < -0.39 is 0 Å². The number of piperidine rings is 1. The molecule has 1 fully saturated rings. The van der Waals surface area contributed by atoms with E-state index in [0.29, 0.717) is 17.3 Å². The number of aromatic nitrogens is 3. The van der Waals surface area contributed by atoms with Gasteiger partial charge in [-0.25, -0.2) is 0 Å². The average Bonchev–Trinajstić information content (AvgIpc) is 2.86. The van der Waals surface area contributed by atoms with Crippen LogP contribution in [0, 0.1) is 17.3 Å². The third-order valence-electron chi connectivity index (χ3n) is 4.63. The standard InChI is InChI=1S/C15H29N5/c1-11(15(2,3)4)8-13-17-14(19-18-13)20-7-5-6-12(9-16)10-20/h11-12H,5-10,16H2,1-4H3,(H,17,18,19). The van der Waals surface area contributed by atoms with Crippen molar-refractivity contribution in [1.29, 1.82) is 0 Å². The highest BCUT2D eigenvalue weighted by molar-refractivity contribution is 5.29. The summed E-state index contributed by atoms with van der Waals surface area (Å²) in [5.41, 5.74) is 6.08. The van der Waals surface area contributed by atoms with Crippen molar-refractivity contribution in [2.75, 3.05) is 24.5 Å². The van der Waals surface area contributed by atoms with Gasteiger partial charge in [-0.3, -0.25) is 5.10 Å². The maximum Gasteiger partial charge on any atom is 0.244 e. The Bertz CT molecular complexity index is 420. The summed E-state index contributed by atoms with van der Waals surface area (Å²) in [5, 5.41) is 7.50. The fourth-order valence-electron chi connectivity index (χ4n) is 2.55. The molecule has 5 heteroatoms. The zero-order valence-electron chi connectivity index (χ0n) is 13.3. The predicted octanol–water partition coefficient (Wildman–Crippen LogP) is 2.20. The second-order valence-electron chi connectivity index (χ2n) is 7.24. The number of nitrogens with two attached hydrogens (primary N) is 1. The Balaban J connectivity index is 1.98. The minimum atomic E-state index is 0.294. The van der Waals surface area contributed by atoms with Gasteiger partial charge in [0, 0.05) is 19.5 Å². The summed E-state index contributed by atoms with van der Waals surface area (Å²) >= 11 is 0. The number of nitrogens with zero attached hydrogens (tertiary/aromatic N) is 3. The van der Waals surface area contributed by atoms with Crippen LogP contribution in [-0.4, -0.2) is 34.8 Å². The Labute approximate surface area is 122 Å². The molecule has 1 aromatic heterocycles. The summed E-state index contributed by atoms with van der Waals surface area (Å²) in [5.74, 6) is 3.00. The summed E-state index contributed by atoms with van der Waals surface area (Å²) in [4.78, 5) is 6.94. The van der Waals surface area contributed by atoms with E-state index >= 15 is 0 Å². The lowest BCUT2D eigenvalue weighted by Crippen LogP contribution is -2.39. The molecule has 1 aliphatic rings. The molecule has 0 aliphatic carbocycles. The molecule has 0 saturated carbocycles. The summed E-state index contributed by atoms with van der Waals surface area (Å²) in [6.45, 7) is 11.9. The quantitative estimate of drug-likeness (QED) is 0.886. The molecule has 1 aliphatic heterocycles. The van der Waals surface area contributed by atoms with E-state index in [1.807, 2.05) is 0 Å². The van der Waals surface area contributed by atoms with Crippen LogP contribution < -0.4 is 10.6 Å². The van der Waals surface area contributed by atoms with E-state index in [0.717, 1.165) is 37.8 Å². The molecule has 3 N–H and O–H groups in total. The predicted molar refractivity (Wildman–Crippen MR) is 82.7 cm³/mol. The van der Waals surface area contributed by atoms with E-state index in [9.17, 15) is 0 Å². The number of anilines is 1. The highest BCUT2D eigenvalue weighted by Crippen LogP contribution is 2.28. The lowest BCUT2D eigenvalue weighted by atomic mass is 9.80. The third-order valence-corrected chi connectivity index (χ3v) is 4.63. The van der Waals surface area contributed by atoms with E-state index in [2.05, 4.69) is 47.8 Å². The molecule has 0 radical (unpaired) electrons. The van der Waals surface area contributed by atoms with Crippen molar-refractivity contribution >= 4 is 5.95 Å². The topological polar surface area (TPSA) is 70.8 Å². The van der Waals surface area contributed by atoms with Crippen LogP contribution in [0.4, 0.5) is 5.95 Å². The van der Waals surface area contributed by atoms with Crippen LogP contribution in [0.2, 0.25) is 0 Å². The van der Waals surface area contributed by atoms with Crippen LogP contribution in [0.1, 0.15) is 46.4 Å². The number of hydrogen-bond donors (Lipinski definition) is 2. The molecule has 0 bridgehead atoms. The monoisotopic (exact) mass is 279 g/mol. The normalized spacial score (nSPS) is 22.1. The van der Waals surface area contributed by atoms with E-state index in [-0.39, 0.29) is 0 Å². The Morgan fingerprint density at radius 3 is 2.85 bits per heavy atom. The van der Waals surface area contributed by atoms with Gasteiger partial charge in [0.15, 0.2) is 0 Å². The molecule has 2 atom stereocenters. The molecule has 0 spiro atoms. The zero-order chi connectivity index (χ0) is 14.8. The molecule has 0 aromatic carbocycles. The van der Waals surface area contributed by atoms with Crippen LogP contribution in [-0.2, 0) is 6.42 Å². The first-order chi connectivity index (χ1) is 9.40. The van der Waals surface area contributed by atoms with Crippen LogP contribution in [0.5, 0.6) is 0 Å². The highest BCUT2D eigenvalue weighted by Gasteiger charge is 2.24. The zero-order valence-corrected chi connectivity index (χ0v) is 13.3. The van der Waals surface area contributed by atoms with E-state index in [1.165, 1.54) is 12.8 Å². The molecule has 1 aromatic rings. The summed E-state index contributed by atoms with van der Waals surface area (Å²) < 4.78 is 0. The summed E-state index contributed by atoms with van der Waals surface area (Å²) in [6.07, 6.45) is 3.36. The number of hydrogen-bond acceptors (Lipinski definition) is 4. The molecule has 2 rings (SSSR count). The van der Waals surface area contributed by atoms with Crippen molar-refractivity contribution in [3.63, 3.8) is 0 Å². The maximum absolute atomic E-state index is 5.79. The summed E-state index contributed by atoms with van der Waals surface area (Å²) in [6, 6.07) is 0. The second-order valence-corrected chi connectivity index (χ2v) is 7.24. The molecule has 1 saturated heterocycles. The van der Waals surface area contributed by atoms with Crippen molar-refractivity contribution in [2.24, 2.45) is 23.0 Å². The summed E-state index contributed by atoms with van der Waals surface area (Å²) in [7, 11) is 0. The first-order valence-corrected chi connectivity index (χ1v) is 7.76. The van der Waals surface area contributed by atoms with Crippen LogP contribution >= 0.6 is 0 Å². The first-order valence-electron chi connectivity index (χ1n) is 7.76. The lowest BCUT2D eigenvalue weighted by molar-refractivity contribution is 0.257. The largest absolute Gasteiger partial charge is 0.339 e. The minimum Gasteiger partial charge on any atom is -0.339 e. The van der Waals surface area contributed by atoms with Crippen molar-refractivity contribution in [1.82, 2.24) is 15.2 Å². The number of rotatable bonds is 4. The molecule has 2 heterocycles. The van der Waals surface area contributed by atoms with Gasteiger partial charge in [-0.05, 0) is 36.6 Å². The third kappa shape index (κ3) is 3.72. The SMILES string of the molecule is CC(Cc1nc(N2CCCC(CN)C2)n[nH]1)C(C)(C)C. The van der Waals surface area contributed by atoms with Gasteiger partial charge < -0.3 is 10.6 Å². The molecule has 0 amide bonds. The van der Waals surface area contributed by atoms with Crippen LogP contribution in [0.3, 0.4) is 0 Å². The second kappa shape index (κ2) is 6.12. The fourth-order valence-corrected chi connectivity index (χ4v) is 2.55. The molecular formula is C15H29N5. The molecule has 20 heavy (non-hydrogen) atoms. The number of aromatic amines is 1. The molecule has 114 valence electrons. The Morgan fingerprint density at radius 2 is 2.20 bits per heavy atom. The van der Waals surface area contributed by atoms with Gasteiger partial charge in [0.2, 0.25) is 5.95 Å². The smallest absolute Gasteiger partial charge is 0.244 e. The van der Waals surface area contributed by atoms with Crippen LogP contribution in [0.15, 0.2) is 0 Å². The lowest BCUT2D eigenvalue weighted by Gasteiger charge is -2.31. The molecule has 2 unspecified atom stereocenters. The molecular weight excluding hydrogens is 250 g/mol. The fraction of sp³-hybridized carbons (Fsp3) is 0.867. The first kappa shape index (κ1) is 15.3. The van der Waals surface area contributed by atoms with Gasteiger partial charge >= 0.3 is 0 Å².